The molecular weight excluding hydrogens is 411 g/mol. The smallest absolute Gasteiger partial charge is 0.307 e. The lowest BCUT2D eigenvalue weighted by Crippen LogP contribution is -2.24. The molecule has 0 spiro atoms. The van der Waals surface area contributed by atoms with Gasteiger partial charge in [-0.2, -0.15) is 0 Å². The SMILES string of the molecule is CSN1Cc2cc(F)cnc2-c2c(C)c(C3=CCC(C)(C)C=C3)c(CC(=O)O)c(C)c21. The van der Waals surface area contributed by atoms with E-state index in [-0.39, 0.29) is 17.7 Å². The Morgan fingerprint density at radius 2 is 2.03 bits per heavy atom. The monoisotopic (exact) mass is 438 g/mol. The number of aromatic nitrogens is 1. The second-order valence-corrected chi connectivity index (χ2v) is 9.77. The third-order valence-corrected chi connectivity index (χ3v) is 6.98. The van der Waals surface area contributed by atoms with Crippen molar-refractivity contribution in [2.75, 3.05) is 10.6 Å². The van der Waals surface area contributed by atoms with E-state index in [0.29, 0.717) is 6.54 Å². The van der Waals surface area contributed by atoms with Crippen molar-refractivity contribution in [1.82, 2.24) is 4.98 Å². The van der Waals surface area contributed by atoms with E-state index in [0.717, 1.165) is 56.8 Å². The second-order valence-electron chi connectivity index (χ2n) is 8.96. The van der Waals surface area contributed by atoms with Gasteiger partial charge in [-0.15, -0.1) is 0 Å². The summed E-state index contributed by atoms with van der Waals surface area (Å²) >= 11 is 1.56. The third-order valence-electron chi connectivity index (χ3n) is 6.23. The molecule has 0 unspecified atom stereocenters. The van der Waals surface area contributed by atoms with Crippen LogP contribution in [0.25, 0.3) is 16.8 Å². The summed E-state index contributed by atoms with van der Waals surface area (Å²) in [5.41, 5.74) is 8.44. The van der Waals surface area contributed by atoms with Gasteiger partial charge in [0, 0.05) is 17.4 Å². The fraction of sp³-hybridized carbons (Fsp3) is 0.360. The van der Waals surface area contributed by atoms with Crippen LogP contribution < -0.4 is 4.31 Å². The van der Waals surface area contributed by atoms with Crippen LogP contribution in [0.4, 0.5) is 10.1 Å². The Labute approximate surface area is 187 Å². The number of nitrogens with zero attached hydrogens (tertiary/aromatic N) is 2. The molecule has 0 bridgehead atoms. The van der Waals surface area contributed by atoms with E-state index < -0.39 is 5.97 Å². The Morgan fingerprint density at radius 1 is 1.29 bits per heavy atom. The molecule has 0 amide bonds. The van der Waals surface area contributed by atoms with E-state index in [1.165, 1.54) is 6.20 Å². The van der Waals surface area contributed by atoms with Crippen LogP contribution in [0, 0.1) is 25.1 Å². The number of allylic oxidation sites excluding steroid dienone is 4. The maximum Gasteiger partial charge on any atom is 0.307 e. The minimum absolute atomic E-state index is 0.0458. The number of hydrogen-bond acceptors (Lipinski definition) is 4. The first-order valence-corrected chi connectivity index (χ1v) is 11.5. The number of carboxylic acid groups (broad SMARTS) is 1. The Hall–Kier alpha value is -2.60. The van der Waals surface area contributed by atoms with Gasteiger partial charge in [-0.1, -0.05) is 44.0 Å². The first-order chi connectivity index (χ1) is 14.6. The van der Waals surface area contributed by atoms with Crippen molar-refractivity contribution in [2.24, 2.45) is 5.41 Å². The van der Waals surface area contributed by atoms with Crippen molar-refractivity contribution in [1.29, 1.82) is 0 Å². The highest BCUT2D eigenvalue weighted by atomic mass is 32.2. The zero-order valence-electron chi connectivity index (χ0n) is 18.5. The molecule has 0 saturated heterocycles. The molecule has 2 heterocycles. The summed E-state index contributed by atoms with van der Waals surface area (Å²) in [4.78, 5) is 16.3. The summed E-state index contributed by atoms with van der Waals surface area (Å²) < 4.78 is 16.1. The molecule has 6 heteroatoms. The molecule has 1 N–H and O–H groups in total. The van der Waals surface area contributed by atoms with Crippen LogP contribution in [0.1, 0.15) is 48.1 Å². The summed E-state index contributed by atoms with van der Waals surface area (Å²) in [5, 5.41) is 9.69. The number of anilines is 1. The maximum atomic E-state index is 14.0. The Kier molecular flexibility index (Phi) is 5.46. The van der Waals surface area contributed by atoms with Gasteiger partial charge >= 0.3 is 5.97 Å². The molecule has 2 aromatic rings. The van der Waals surface area contributed by atoms with Gasteiger partial charge in [-0.25, -0.2) is 4.39 Å². The van der Waals surface area contributed by atoms with Crippen molar-refractivity contribution in [3.63, 3.8) is 0 Å². The van der Waals surface area contributed by atoms with E-state index >= 15 is 0 Å². The Bertz CT molecular complexity index is 1150. The summed E-state index contributed by atoms with van der Waals surface area (Å²) in [7, 11) is 0. The minimum Gasteiger partial charge on any atom is -0.481 e. The molecule has 1 aromatic heterocycles. The highest BCUT2D eigenvalue weighted by Gasteiger charge is 2.32. The van der Waals surface area contributed by atoms with Crippen LogP contribution in [0.15, 0.2) is 30.5 Å². The average molecular weight is 439 g/mol. The largest absolute Gasteiger partial charge is 0.481 e. The molecule has 1 aliphatic heterocycles. The predicted octanol–water partition coefficient (Wildman–Crippen LogP) is 6.10. The van der Waals surface area contributed by atoms with Gasteiger partial charge in [-0.3, -0.25) is 9.78 Å². The predicted molar refractivity (Wildman–Crippen MR) is 126 cm³/mol. The van der Waals surface area contributed by atoms with Crippen molar-refractivity contribution >= 4 is 29.2 Å². The highest BCUT2D eigenvalue weighted by Crippen LogP contribution is 2.49. The second kappa shape index (κ2) is 7.83. The number of carbonyl (C=O) groups is 1. The average Bonchev–Trinajstić information content (AvgIpc) is 2.70. The van der Waals surface area contributed by atoms with Gasteiger partial charge in [0.15, 0.2) is 0 Å². The van der Waals surface area contributed by atoms with E-state index in [9.17, 15) is 14.3 Å². The number of benzene rings is 1. The van der Waals surface area contributed by atoms with Crippen molar-refractivity contribution < 1.29 is 14.3 Å². The van der Waals surface area contributed by atoms with Crippen LogP contribution in [-0.4, -0.2) is 22.3 Å². The van der Waals surface area contributed by atoms with E-state index in [4.69, 9.17) is 0 Å². The molecule has 0 radical (unpaired) electrons. The lowest BCUT2D eigenvalue weighted by molar-refractivity contribution is -0.136. The number of aliphatic carboxylic acids is 1. The van der Waals surface area contributed by atoms with Crippen molar-refractivity contribution in [3.8, 4) is 11.3 Å². The van der Waals surface area contributed by atoms with E-state index in [1.54, 1.807) is 18.0 Å². The topological polar surface area (TPSA) is 53.4 Å². The number of carboxylic acids is 1. The van der Waals surface area contributed by atoms with Gasteiger partial charge < -0.3 is 9.41 Å². The van der Waals surface area contributed by atoms with Crippen molar-refractivity contribution in [3.05, 3.63) is 64.1 Å². The molecule has 2 aliphatic rings. The first-order valence-electron chi connectivity index (χ1n) is 10.4. The van der Waals surface area contributed by atoms with E-state index in [1.807, 2.05) is 20.1 Å². The molecule has 0 fully saturated rings. The van der Waals surface area contributed by atoms with Gasteiger partial charge in [0.2, 0.25) is 0 Å². The Morgan fingerprint density at radius 3 is 2.65 bits per heavy atom. The summed E-state index contributed by atoms with van der Waals surface area (Å²) in [6.45, 7) is 8.92. The molecule has 0 saturated carbocycles. The maximum absolute atomic E-state index is 14.0. The number of rotatable bonds is 4. The molecule has 4 nitrogen and oxygen atoms in total. The van der Waals surface area contributed by atoms with Crippen molar-refractivity contribution in [2.45, 2.75) is 47.1 Å². The lowest BCUT2D eigenvalue weighted by Gasteiger charge is -2.35. The van der Waals surface area contributed by atoms with Crippen LogP contribution in [0.2, 0.25) is 0 Å². The van der Waals surface area contributed by atoms with Gasteiger partial charge in [0.05, 0.1) is 30.5 Å². The number of pyridine rings is 1. The number of fused-ring (bicyclic) bond motifs is 3. The normalized spacial score (nSPS) is 16.6. The van der Waals surface area contributed by atoms with Crippen LogP contribution in [-0.2, 0) is 17.8 Å². The fourth-order valence-electron chi connectivity index (χ4n) is 4.64. The molecule has 1 aromatic carbocycles. The summed E-state index contributed by atoms with van der Waals surface area (Å²) in [6.07, 6.45) is 10.6. The lowest BCUT2D eigenvalue weighted by atomic mass is 9.78. The molecule has 1 aliphatic carbocycles. The fourth-order valence-corrected chi connectivity index (χ4v) is 5.32. The molecule has 4 rings (SSSR count). The zero-order valence-corrected chi connectivity index (χ0v) is 19.4. The van der Waals surface area contributed by atoms with Crippen LogP contribution >= 0.6 is 11.9 Å². The third kappa shape index (κ3) is 3.78. The quantitative estimate of drug-likeness (QED) is 0.585. The van der Waals surface area contributed by atoms with Gasteiger partial charge in [0.25, 0.3) is 0 Å². The van der Waals surface area contributed by atoms with Crippen LogP contribution in [0.3, 0.4) is 0 Å². The number of hydrogen-bond donors (Lipinski definition) is 1. The summed E-state index contributed by atoms with van der Waals surface area (Å²) in [6, 6.07) is 1.55. The molecule has 162 valence electrons. The number of halogens is 1. The van der Waals surface area contributed by atoms with E-state index in [2.05, 4.69) is 41.4 Å². The zero-order chi connectivity index (χ0) is 22.5. The first kappa shape index (κ1) is 21.6. The molecule has 0 atom stereocenters. The minimum atomic E-state index is -0.850. The summed E-state index contributed by atoms with van der Waals surface area (Å²) in [5.74, 6) is -1.20. The van der Waals surface area contributed by atoms with Gasteiger partial charge in [-0.05, 0) is 59.6 Å². The van der Waals surface area contributed by atoms with Crippen LogP contribution in [0.5, 0.6) is 0 Å². The molecule has 31 heavy (non-hydrogen) atoms. The van der Waals surface area contributed by atoms with Gasteiger partial charge in [0.1, 0.15) is 5.82 Å². The highest BCUT2D eigenvalue weighted by molar-refractivity contribution is 7.99. The molecular formula is C25H27FN2O2S. The standard InChI is InChI=1S/C25H27FN2O2S/c1-14-19(11-20(29)30)21(16-6-8-25(3,4)9-7-16)15(2)22-23-17(10-18(26)12-27-23)13-28(31-5)24(14)22/h6-8,10,12H,9,11,13H2,1-5H3,(H,29,30). The Balaban J connectivity index is 2.05.